The van der Waals surface area contributed by atoms with Crippen molar-refractivity contribution >= 4 is 13.7 Å². The molecule has 0 bridgehead atoms. The molecule has 2 N–H and O–H groups in total. The van der Waals surface area contributed by atoms with Crippen molar-refractivity contribution < 1.29 is 53.2 Å². The third kappa shape index (κ3) is 24.6. The van der Waals surface area contributed by atoms with Crippen LogP contribution in [0.4, 0.5) is 0 Å². The van der Waals surface area contributed by atoms with Crippen LogP contribution in [0.15, 0.2) is 0 Å². The first-order valence-electron chi connectivity index (χ1n) is 9.90. The Kier molecular flexibility index (Phi) is 22.5. The molecule has 0 spiro atoms. The van der Waals surface area contributed by atoms with Crippen LogP contribution in [-0.2, 0) is 13.9 Å². The zero-order valence-corrected chi connectivity index (χ0v) is 19.7. The standard InChI is InChI=1S/C18H38NO5P.Na/c1-2-3-4-5-6-7-8-9-10-11-12-13-14-15-18(20)19-16-17-24-25(21,22)23;/h2-17H2,1H3,(H,19,20)(H2,21,22,23);/q;+1/p-1. The molecule has 0 heterocycles. The molecule has 1 amide bonds. The molecule has 1 atom stereocenters. The van der Waals surface area contributed by atoms with Crippen molar-refractivity contribution in [3.8, 4) is 0 Å². The van der Waals surface area contributed by atoms with E-state index >= 15 is 0 Å². The smallest absolute Gasteiger partial charge is 0.756 e. The number of unbranched alkanes of at least 4 members (excludes halogenated alkanes) is 12. The van der Waals surface area contributed by atoms with Gasteiger partial charge >= 0.3 is 29.6 Å². The van der Waals surface area contributed by atoms with E-state index < -0.39 is 7.82 Å². The van der Waals surface area contributed by atoms with Crippen LogP contribution in [0.3, 0.4) is 0 Å². The zero-order valence-electron chi connectivity index (χ0n) is 16.8. The van der Waals surface area contributed by atoms with E-state index in [1.807, 2.05) is 0 Å². The summed E-state index contributed by atoms with van der Waals surface area (Å²) in [7, 11) is -4.68. The SMILES string of the molecule is CCCCCCCCCCCCCCCC(=O)NCCOP(=O)([O-])O.[Na+]. The molecule has 26 heavy (non-hydrogen) atoms. The Bertz CT molecular complexity index is 365. The Morgan fingerprint density at radius 1 is 0.923 bits per heavy atom. The number of hydrogen-bond acceptors (Lipinski definition) is 4. The van der Waals surface area contributed by atoms with Gasteiger partial charge < -0.3 is 19.6 Å². The molecule has 0 aromatic heterocycles. The Hall–Kier alpha value is 0.580. The molecule has 0 rings (SSSR count). The van der Waals surface area contributed by atoms with E-state index in [-0.39, 0.29) is 48.6 Å². The predicted molar refractivity (Wildman–Crippen MR) is 99.1 cm³/mol. The van der Waals surface area contributed by atoms with Crippen molar-refractivity contribution in [2.45, 2.75) is 96.8 Å². The number of amides is 1. The summed E-state index contributed by atoms with van der Waals surface area (Å²) in [6.07, 6.45) is 16.9. The summed E-state index contributed by atoms with van der Waals surface area (Å²) in [5.41, 5.74) is 0. The molecule has 0 aliphatic carbocycles. The van der Waals surface area contributed by atoms with E-state index in [0.29, 0.717) is 6.42 Å². The molecular formula is C18H37NNaO5P. The maximum Gasteiger partial charge on any atom is 1.00 e. The minimum atomic E-state index is -4.68. The van der Waals surface area contributed by atoms with Gasteiger partial charge in [0, 0.05) is 13.0 Å². The first-order valence-corrected chi connectivity index (χ1v) is 11.4. The van der Waals surface area contributed by atoms with Gasteiger partial charge in [0.1, 0.15) is 0 Å². The Labute approximate surface area is 181 Å². The fourth-order valence-electron chi connectivity index (χ4n) is 2.74. The van der Waals surface area contributed by atoms with Crippen LogP contribution in [0.1, 0.15) is 96.8 Å². The van der Waals surface area contributed by atoms with Crippen molar-refractivity contribution in [2.24, 2.45) is 0 Å². The summed E-state index contributed by atoms with van der Waals surface area (Å²) in [5, 5.41) is 2.56. The number of phosphoric ester groups is 1. The van der Waals surface area contributed by atoms with Gasteiger partial charge in [0.05, 0.1) is 6.61 Å². The fourth-order valence-corrected chi connectivity index (χ4v) is 3.07. The number of phosphoric acid groups is 1. The number of hydrogen-bond donors (Lipinski definition) is 2. The van der Waals surface area contributed by atoms with Gasteiger partial charge in [0.25, 0.3) is 7.82 Å². The summed E-state index contributed by atoms with van der Waals surface area (Å²) in [4.78, 5) is 30.2. The Balaban J connectivity index is 0. The summed E-state index contributed by atoms with van der Waals surface area (Å²) < 4.78 is 14.5. The summed E-state index contributed by atoms with van der Waals surface area (Å²) >= 11 is 0. The Morgan fingerprint density at radius 2 is 1.35 bits per heavy atom. The van der Waals surface area contributed by atoms with Gasteiger partial charge in [0.2, 0.25) is 5.91 Å². The van der Waals surface area contributed by atoms with Gasteiger partial charge in [-0.3, -0.25) is 9.36 Å². The molecule has 0 fully saturated rings. The minimum absolute atomic E-state index is 0. The molecule has 150 valence electrons. The molecule has 0 aromatic carbocycles. The average Bonchev–Trinajstić information content (AvgIpc) is 2.55. The molecule has 1 unspecified atom stereocenters. The van der Waals surface area contributed by atoms with E-state index in [1.165, 1.54) is 64.2 Å². The first-order chi connectivity index (χ1) is 12.0. The van der Waals surface area contributed by atoms with E-state index in [9.17, 15) is 14.3 Å². The van der Waals surface area contributed by atoms with Crippen LogP contribution >= 0.6 is 7.82 Å². The van der Waals surface area contributed by atoms with Crippen LogP contribution in [0.25, 0.3) is 0 Å². The van der Waals surface area contributed by atoms with Crippen LogP contribution in [0.2, 0.25) is 0 Å². The van der Waals surface area contributed by atoms with E-state index in [0.717, 1.165) is 19.3 Å². The summed E-state index contributed by atoms with van der Waals surface area (Å²) in [5.74, 6) is -0.106. The second-order valence-corrected chi connectivity index (χ2v) is 7.84. The van der Waals surface area contributed by atoms with Crippen molar-refractivity contribution in [1.29, 1.82) is 0 Å². The van der Waals surface area contributed by atoms with Crippen molar-refractivity contribution in [2.75, 3.05) is 13.2 Å². The third-order valence-electron chi connectivity index (χ3n) is 4.19. The Morgan fingerprint density at radius 3 is 1.77 bits per heavy atom. The van der Waals surface area contributed by atoms with Crippen LogP contribution in [0, 0.1) is 0 Å². The topological polar surface area (TPSA) is 98.7 Å². The van der Waals surface area contributed by atoms with Crippen molar-refractivity contribution in [3.05, 3.63) is 0 Å². The number of nitrogens with one attached hydrogen (secondary N) is 1. The third-order valence-corrected chi connectivity index (χ3v) is 4.69. The summed E-state index contributed by atoms with van der Waals surface area (Å²) in [6, 6.07) is 0. The van der Waals surface area contributed by atoms with Crippen LogP contribution < -0.4 is 39.8 Å². The van der Waals surface area contributed by atoms with E-state index in [1.54, 1.807) is 0 Å². The van der Waals surface area contributed by atoms with Gasteiger partial charge in [-0.25, -0.2) is 0 Å². The van der Waals surface area contributed by atoms with E-state index in [4.69, 9.17) is 4.89 Å². The largest absolute Gasteiger partial charge is 1.00 e. The minimum Gasteiger partial charge on any atom is -0.756 e. The van der Waals surface area contributed by atoms with Crippen LogP contribution in [-0.4, -0.2) is 24.0 Å². The first kappa shape index (κ1) is 28.8. The molecule has 0 radical (unpaired) electrons. The molecule has 0 aliphatic rings. The molecule has 6 nitrogen and oxygen atoms in total. The molecule has 0 saturated carbocycles. The molecule has 0 aromatic rings. The molecular weight excluding hydrogens is 364 g/mol. The van der Waals surface area contributed by atoms with Gasteiger partial charge in [0.15, 0.2) is 0 Å². The van der Waals surface area contributed by atoms with E-state index in [2.05, 4.69) is 16.8 Å². The number of carbonyl (C=O) groups is 1. The zero-order chi connectivity index (χ0) is 18.8. The number of carbonyl (C=O) groups excluding carboxylic acids is 1. The van der Waals surface area contributed by atoms with Crippen molar-refractivity contribution in [1.82, 2.24) is 5.32 Å². The number of rotatable bonds is 18. The summed E-state index contributed by atoms with van der Waals surface area (Å²) in [6.45, 7) is 2.10. The average molecular weight is 401 g/mol. The second-order valence-electron chi connectivity index (χ2n) is 6.64. The maximum atomic E-state index is 11.5. The monoisotopic (exact) mass is 401 g/mol. The molecule has 0 aliphatic heterocycles. The van der Waals surface area contributed by atoms with Gasteiger partial charge in [-0.15, -0.1) is 0 Å². The van der Waals surface area contributed by atoms with Crippen molar-refractivity contribution in [3.63, 3.8) is 0 Å². The van der Waals surface area contributed by atoms with Gasteiger partial charge in [-0.1, -0.05) is 84.0 Å². The second kappa shape index (κ2) is 20.3. The van der Waals surface area contributed by atoms with Crippen LogP contribution in [0.5, 0.6) is 0 Å². The quantitative estimate of drug-likeness (QED) is 0.203. The maximum absolute atomic E-state index is 11.5. The van der Waals surface area contributed by atoms with Gasteiger partial charge in [-0.2, -0.15) is 0 Å². The normalized spacial score (nSPS) is 13.0. The van der Waals surface area contributed by atoms with Gasteiger partial charge in [-0.05, 0) is 6.42 Å². The molecule has 8 heteroatoms. The predicted octanol–water partition coefficient (Wildman–Crippen LogP) is 1.07. The molecule has 0 saturated heterocycles. The fraction of sp³-hybridized carbons (Fsp3) is 0.944.